The molecule has 0 aliphatic rings. The van der Waals surface area contributed by atoms with Crippen molar-refractivity contribution >= 4 is 11.6 Å². The molecule has 0 radical (unpaired) electrons. The Morgan fingerprint density at radius 1 is 1.32 bits per heavy atom. The third-order valence-corrected chi connectivity index (χ3v) is 3.81. The van der Waals surface area contributed by atoms with E-state index in [9.17, 15) is 0 Å². The Balaban J connectivity index is 2.60. The van der Waals surface area contributed by atoms with Gasteiger partial charge in [0.25, 0.3) is 0 Å². The maximum atomic E-state index is 6.05. The van der Waals surface area contributed by atoms with Crippen molar-refractivity contribution in [3.8, 4) is 5.75 Å². The highest BCUT2D eigenvalue weighted by Crippen LogP contribution is 2.27. The topological polar surface area (TPSA) is 21.3 Å². The summed E-state index contributed by atoms with van der Waals surface area (Å²) < 4.78 is 5.38. The summed E-state index contributed by atoms with van der Waals surface area (Å²) in [6.45, 7) is 6.82. The van der Waals surface area contributed by atoms with Crippen LogP contribution in [-0.2, 0) is 6.42 Å². The highest BCUT2D eigenvalue weighted by atomic mass is 35.5. The highest BCUT2D eigenvalue weighted by Gasteiger charge is 2.22. The Kier molecular flexibility index (Phi) is 6.15. The lowest BCUT2D eigenvalue weighted by Gasteiger charge is -2.30. The second-order valence-corrected chi connectivity index (χ2v) is 6.49. The minimum atomic E-state index is 0.285. The molecular weight excluding hydrogens is 258 g/mol. The standard InChI is InChI=1S/C16H26ClNO/c1-16(2,3)15(18-4)8-6-7-12-11-13(17)9-10-14(12)19-5/h9-11,15,18H,6-8H2,1-5H3. The molecule has 2 nitrogen and oxygen atoms in total. The van der Waals surface area contributed by atoms with Gasteiger partial charge in [-0.3, -0.25) is 0 Å². The van der Waals surface area contributed by atoms with E-state index >= 15 is 0 Å². The molecule has 0 fully saturated rings. The zero-order valence-corrected chi connectivity index (χ0v) is 13.5. The summed E-state index contributed by atoms with van der Waals surface area (Å²) in [5.74, 6) is 0.932. The van der Waals surface area contributed by atoms with E-state index in [0.717, 1.165) is 30.0 Å². The summed E-state index contributed by atoms with van der Waals surface area (Å²) in [5.41, 5.74) is 1.48. The van der Waals surface area contributed by atoms with Crippen LogP contribution in [-0.4, -0.2) is 20.2 Å². The fraction of sp³-hybridized carbons (Fsp3) is 0.625. The van der Waals surface area contributed by atoms with Gasteiger partial charge in [0.2, 0.25) is 0 Å². The van der Waals surface area contributed by atoms with Crippen molar-refractivity contribution in [1.82, 2.24) is 5.32 Å². The summed E-state index contributed by atoms with van der Waals surface area (Å²) in [5, 5.41) is 4.19. The molecule has 0 saturated carbocycles. The molecule has 1 unspecified atom stereocenters. The first-order valence-corrected chi connectivity index (χ1v) is 7.26. The van der Waals surface area contributed by atoms with Crippen LogP contribution in [0.3, 0.4) is 0 Å². The number of nitrogens with one attached hydrogen (secondary N) is 1. The zero-order chi connectivity index (χ0) is 14.5. The molecule has 0 saturated heterocycles. The molecule has 0 bridgehead atoms. The van der Waals surface area contributed by atoms with Crippen LogP contribution >= 0.6 is 11.6 Å². The van der Waals surface area contributed by atoms with Gasteiger partial charge in [0, 0.05) is 11.1 Å². The van der Waals surface area contributed by atoms with E-state index in [1.54, 1.807) is 7.11 Å². The SMILES string of the molecule is CNC(CCCc1cc(Cl)ccc1OC)C(C)(C)C. The first-order valence-electron chi connectivity index (χ1n) is 6.88. The summed E-state index contributed by atoms with van der Waals surface area (Å²) in [4.78, 5) is 0. The number of halogens is 1. The van der Waals surface area contributed by atoms with E-state index in [1.807, 2.05) is 25.2 Å². The number of aryl methyl sites for hydroxylation is 1. The van der Waals surface area contributed by atoms with E-state index < -0.39 is 0 Å². The number of methoxy groups -OCH3 is 1. The van der Waals surface area contributed by atoms with Gasteiger partial charge in [0.05, 0.1) is 7.11 Å². The van der Waals surface area contributed by atoms with Crippen molar-refractivity contribution in [2.24, 2.45) is 5.41 Å². The van der Waals surface area contributed by atoms with Crippen LogP contribution in [0.25, 0.3) is 0 Å². The Hall–Kier alpha value is -0.730. The van der Waals surface area contributed by atoms with Gasteiger partial charge in [-0.2, -0.15) is 0 Å². The van der Waals surface area contributed by atoms with Crippen molar-refractivity contribution < 1.29 is 4.74 Å². The molecule has 0 aromatic heterocycles. The Morgan fingerprint density at radius 2 is 2.00 bits per heavy atom. The summed E-state index contributed by atoms with van der Waals surface area (Å²) >= 11 is 6.05. The largest absolute Gasteiger partial charge is 0.496 e. The number of benzene rings is 1. The molecule has 1 atom stereocenters. The predicted molar refractivity (Wildman–Crippen MR) is 83.2 cm³/mol. The van der Waals surface area contributed by atoms with Crippen LogP contribution in [0.2, 0.25) is 5.02 Å². The molecule has 108 valence electrons. The Bertz CT molecular complexity index is 398. The molecule has 0 amide bonds. The van der Waals surface area contributed by atoms with Crippen LogP contribution in [0.15, 0.2) is 18.2 Å². The quantitative estimate of drug-likeness (QED) is 0.840. The van der Waals surface area contributed by atoms with Crippen molar-refractivity contribution in [3.63, 3.8) is 0 Å². The average Bonchev–Trinajstić information content (AvgIpc) is 2.33. The Labute approximate surface area is 122 Å². The molecule has 0 aliphatic carbocycles. The van der Waals surface area contributed by atoms with Crippen molar-refractivity contribution in [1.29, 1.82) is 0 Å². The number of ether oxygens (including phenoxy) is 1. The lowest BCUT2D eigenvalue weighted by Crippen LogP contribution is -2.37. The normalized spacial score (nSPS) is 13.4. The fourth-order valence-electron chi connectivity index (χ4n) is 2.45. The van der Waals surface area contributed by atoms with Gasteiger partial charge in [-0.05, 0) is 55.5 Å². The molecule has 1 aromatic rings. The molecular formula is C16H26ClNO. The third kappa shape index (κ3) is 5.04. The van der Waals surface area contributed by atoms with Gasteiger partial charge >= 0.3 is 0 Å². The van der Waals surface area contributed by atoms with Gasteiger partial charge < -0.3 is 10.1 Å². The zero-order valence-electron chi connectivity index (χ0n) is 12.7. The minimum absolute atomic E-state index is 0.285. The first-order chi connectivity index (χ1) is 8.88. The van der Waals surface area contributed by atoms with Crippen molar-refractivity contribution in [2.75, 3.05) is 14.2 Å². The molecule has 0 heterocycles. The van der Waals surface area contributed by atoms with Crippen LogP contribution in [0.1, 0.15) is 39.2 Å². The van der Waals surface area contributed by atoms with Gasteiger partial charge in [0.1, 0.15) is 5.75 Å². The summed E-state index contributed by atoms with van der Waals surface area (Å²) in [6, 6.07) is 6.34. The second-order valence-electron chi connectivity index (χ2n) is 6.06. The number of rotatable bonds is 6. The number of hydrogen-bond acceptors (Lipinski definition) is 2. The number of hydrogen-bond donors (Lipinski definition) is 1. The monoisotopic (exact) mass is 283 g/mol. The van der Waals surface area contributed by atoms with Gasteiger partial charge in [-0.1, -0.05) is 32.4 Å². The molecule has 1 rings (SSSR count). The lowest BCUT2D eigenvalue weighted by atomic mass is 9.83. The molecule has 1 N–H and O–H groups in total. The third-order valence-electron chi connectivity index (χ3n) is 3.58. The maximum Gasteiger partial charge on any atom is 0.122 e. The molecule has 0 aliphatic heterocycles. The first kappa shape index (κ1) is 16.3. The van der Waals surface area contributed by atoms with E-state index in [0.29, 0.717) is 6.04 Å². The van der Waals surface area contributed by atoms with Gasteiger partial charge in [-0.15, -0.1) is 0 Å². The maximum absolute atomic E-state index is 6.05. The molecule has 3 heteroatoms. The smallest absolute Gasteiger partial charge is 0.122 e. The molecule has 1 aromatic carbocycles. The predicted octanol–water partition coefficient (Wildman–Crippen LogP) is 4.31. The fourth-order valence-corrected chi connectivity index (χ4v) is 2.64. The van der Waals surface area contributed by atoms with E-state index in [1.165, 1.54) is 5.56 Å². The van der Waals surface area contributed by atoms with Crippen LogP contribution in [0, 0.1) is 5.41 Å². The minimum Gasteiger partial charge on any atom is -0.496 e. The van der Waals surface area contributed by atoms with Crippen LogP contribution in [0.4, 0.5) is 0 Å². The summed E-state index contributed by atoms with van der Waals surface area (Å²) in [6.07, 6.45) is 3.27. The van der Waals surface area contributed by atoms with Crippen molar-refractivity contribution in [2.45, 2.75) is 46.1 Å². The van der Waals surface area contributed by atoms with Crippen molar-refractivity contribution in [3.05, 3.63) is 28.8 Å². The Morgan fingerprint density at radius 3 is 2.53 bits per heavy atom. The molecule has 19 heavy (non-hydrogen) atoms. The average molecular weight is 284 g/mol. The molecule has 0 spiro atoms. The lowest BCUT2D eigenvalue weighted by molar-refractivity contribution is 0.263. The van der Waals surface area contributed by atoms with E-state index in [2.05, 4.69) is 26.1 Å². The van der Waals surface area contributed by atoms with Gasteiger partial charge in [-0.25, -0.2) is 0 Å². The summed E-state index contributed by atoms with van der Waals surface area (Å²) in [7, 11) is 3.74. The van der Waals surface area contributed by atoms with Gasteiger partial charge in [0.15, 0.2) is 0 Å². The second kappa shape index (κ2) is 7.16. The van der Waals surface area contributed by atoms with Crippen LogP contribution in [0.5, 0.6) is 5.75 Å². The van der Waals surface area contributed by atoms with Crippen LogP contribution < -0.4 is 10.1 Å². The van der Waals surface area contributed by atoms with E-state index in [4.69, 9.17) is 16.3 Å². The highest BCUT2D eigenvalue weighted by molar-refractivity contribution is 6.30. The van der Waals surface area contributed by atoms with E-state index in [-0.39, 0.29) is 5.41 Å².